The van der Waals surface area contributed by atoms with Crippen LogP contribution in [0.25, 0.3) is 0 Å². The molecule has 0 bridgehead atoms. The molecule has 2 aliphatic carbocycles. The fourth-order valence-electron chi connectivity index (χ4n) is 3.43. The van der Waals surface area contributed by atoms with Gasteiger partial charge >= 0.3 is 0 Å². The van der Waals surface area contributed by atoms with Crippen LogP contribution in [0, 0.1) is 24.7 Å². The number of methoxy groups -OCH3 is 1. The molecule has 2 nitrogen and oxygen atoms in total. The molecule has 90 valence electrons. The van der Waals surface area contributed by atoms with Crippen molar-refractivity contribution in [2.75, 3.05) is 7.11 Å². The minimum Gasteiger partial charge on any atom is -0.496 e. The molecule has 0 aliphatic heterocycles. The first-order valence-electron chi connectivity index (χ1n) is 6.41. The third-order valence-electron chi connectivity index (χ3n) is 4.39. The van der Waals surface area contributed by atoms with Crippen LogP contribution in [-0.4, -0.2) is 12.9 Å². The monoisotopic (exact) mass is 230 g/mol. The Balaban J connectivity index is 1.80. The molecular weight excluding hydrogens is 212 g/mol. The molecule has 17 heavy (non-hydrogen) atoms. The normalized spacial score (nSPS) is 29.9. The maximum atomic E-state index is 12.3. The smallest absolute Gasteiger partial charge is 0.166 e. The summed E-state index contributed by atoms with van der Waals surface area (Å²) in [5.41, 5.74) is 1.91. The number of Topliss-reactive ketones (excluding diaryl/α,β-unsaturated/α-hetero) is 1. The number of benzene rings is 1. The number of ketones is 1. The Morgan fingerprint density at radius 1 is 1.29 bits per heavy atom. The number of fused-ring (bicyclic) bond motifs is 1. The lowest BCUT2D eigenvalue weighted by molar-refractivity contribution is 0.0951. The summed E-state index contributed by atoms with van der Waals surface area (Å²) in [7, 11) is 1.66. The molecule has 2 fully saturated rings. The Bertz CT molecular complexity index is 454. The first kappa shape index (κ1) is 10.8. The second-order valence-corrected chi connectivity index (χ2v) is 5.33. The molecule has 2 heteroatoms. The molecule has 2 unspecified atom stereocenters. The van der Waals surface area contributed by atoms with Crippen molar-refractivity contribution in [2.45, 2.75) is 26.2 Å². The Kier molecular flexibility index (Phi) is 2.46. The molecule has 2 aliphatic rings. The van der Waals surface area contributed by atoms with Gasteiger partial charge < -0.3 is 4.74 Å². The van der Waals surface area contributed by atoms with Crippen LogP contribution < -0.4 is 4.74 Å². The van der Waals surface area contributed by atoms with Gasteiger partial charge in [-0.05, 0) is 55.4 Å². The highest BCUT2D eigenvalue weighted by atomic mass is 16.5. The summed E-state index contributed by atoms with van der Waals surface area (Å²) in [5, 5.41) is 0. The van der Waals surface area contributed by atoms with Gasteiger partial charge in [0.05, 0.1) is 7.11 Å². The predicted molar refractivity (Wildman–Crippen MR) is 66.4 cm³/mol. The van der Waals surface area contributed by atoms with E-state index in [1.807, 2.05) is 25.1 Å². The van der Waals surface area contributed by atoms with E-state index in [-0.39, 0.29) is 0 Å². The second kappa shape index (κ2) is 3.86. The van der Waals surface area contributed by atoms with E-state index in [0.717, 1.165) is 16.9 Å². The van der Waals surface area contributed by atoms with Crippen molar-refractivity contribution < 1.29 is 9.53 Å². The summed E-state index contributed by atoms with van der Waals surface area (Å²) in [5.74, 6) is 2.94. The lowest BCUT2D eigenvalue weighted by atomic mass is 9.99. The maximum absolute atomic E-state index is 12.3. The number of ether oxygens (including phenoxy) is 1. The van der Waals surface area contributed by atoms with Gasteiger partial charge in [0.15, 0.2) is 5.78 Å². The Morgan fingerprint density at radius 2 is 2.00 bits per heavy atom. The highest BCUT2D eigenvalue weighted by Gasteiger charge is 2.56. The quantitative estimate of drug-likeness (QED) is 0.745. The molecule has 0 N–H and O–H groups in total. The first-order chi connectivity index (χ1) is 8.22. The lowest BCUT2D eigenvalue weighted by Crippen LogP contribution is -2.06. The molecule has 0 heterocycles. The van der Waals surface area contributed by atoms with E-state index in [2.05, 4.69) is 0 Å². The predicted octanol–water partition coefficient (Wildman–Crippen LogP) is 3.23. The van der Waals surface area contributed by atoms with Crippen molar-refractivity contribution in [1.29, 1.82) is 0 Å². The fourth-order valence-corrected chi connectivity index (χ4v) is 3.43. The Hall–Kier alpha value is -1.31. The topological polar surface area (TPSA) is 26.3 Å². The SMILES string of the molecule is COc1ccc(C(=O)C2C3CCCC32)cc1C. The van der Waals surface area contributed by atoms with Crippen LogP contribution in [0.15, 0.2) is 18.2 Å². The number of aryl methyl sites for hydroxylation is 1. The van der Waals surface area contributed by atoms with E-state index in [0.29, 0.717) is 23.5 Å². The molecule has 0 saturated heterocycles. The molecule has 2 atom stereocenters. The van der Waals surface area contributed by atoms with Gasteiger partial charge in [-0.15, -0.1) is 0 Å². The van der Waals surface area contributed by atoms with Gasteiger partial charge in [-0.25, -0.2) is 0 Å². The van der Waals surface area contributed by atoms with E-state index in [1.54, 1.807) is 7.11 Å². The summed E-state index contributed by atoms with van der Waals surface area (Å²) in [4.78, 5) is 12.3. The van der Waals surface area contributed by atoms with Gasteiger partial charge in [0, 0.05) is 11.5 Å². The van der Waals surface area contributed by atoms with Crippen molar-refractivity contribution in [1.82, 2.24) is 0 Å². The minimum atomic E-state index is 0.330. The number of hydrogen-bond donors (Lipinski definition) is 0. The largest absolute Gasteiger partial charge is 0.496 e. The molecule has 1 aromatic carbocycles. The van der Waals surface area contributed by atoms with Crippen molar-refractivity contribution in [3.8, 4) is 5.75 Å². The Morgan fingerprint density at radius 3 is 2.59 bits per heavy atom. The summed E-state index contributed by atoms with van der Waals surface area (Å²) >= 11 is 0. The van der Waals surface area contributed by atoms with Crippen LogP contribution in [0.3, 0.4) is 0 Å². The zero-order valence-electron chi connectivity index (χ0n) is 10.4. The second-order valence-electron chi connectivity index (χ2n) is 5.33. The van der Waals surface area contributed by atoms with Crippen molar-refractivity contribution in [2.24, 2.45) is 17.8 Å². The maximum Gasteiger partial charge on any atom is 0.166 e. The highest BCUT2D eigenvalue weighted by molar-refractivity contribution is 6.00. The van der Waals surface area contributed by atoms with Gasteiger partial charge in [0.25, 0.3) is 0 Å². The van der Waals surface area contributed by atoms with Crippen LogP contribution in [0.5, 0.6) is 5.75 Å². The molecule has 2 saturated carbocycles. The third-order valence-corrected chi connectivity index (χ3v) is 4.39. The number of rotatable bonds is 3. The zero-order valence-corrected chi connectivity index (χ0v) is 10.4. The molecule has 3 rings (SSSR count). The van der Waals surface area contributed by atoms with Crippen LogP contribution >= 0.6 is 0 Å². The van der Waals surface area contributed by atoms with Crippen molar-refractivity contribution >= 4 is 5.78 Å². The van der Waals surface area contributed by atoms with Gasteiger partial charge in [0.1, 0.15) is 5.75 Å². The van der Waals surface area contributed by atoms with Gasteiger partial charge in [-0.2, -0.15) is 0 Å². The molecule has 0 aromatic heterocycles. The molecule has 0 spiro atoms. The molecule has 0 amide bonds. The molecular formula is C15H18O2. The number of carbonyl (C=O) groups is 1. The van der Waals surface area contributed by atoms with E-state index in [4.69, 9.17) is 4.74 Å². The van der Waals surface area contributed by atoms with Crippen LogP contribution in [-0.2, 0) is 0 Å². The van der Waals surface area contributed by atoms with E-state index < -0.39 is 0 Å². The van der Waals surface area contributed by atoms with Gasteiger partial charge in [-0.3, -0.25) is 4.79 Å². The van der Waals surface area contributed by atoms with E-state index in [1.165, 1.54) is 19.3 Å². The number of hydrogen-bond acceptors (Lipinski definition) is 2. The lowest BCUT2D eigenvalue weighted by Gasteiger charge is -2.07. The zero-order chi connectivity index (χ0) is 12.0. The standard InChI is InChI=1S/C15H18O2/c1-9-8-10(6-7-13(9)17-2)15(16)14-11-4-3-5-12(11)14/h6-8,11-12,14H,3-5H2,1-2H3. The first-order valence-corrected chi connectivity index (χ1v) is 6.41. The van der Waals surface area contributed by atoms with Crippen molar-refractivity contribution in [3.63, 3.8) is 0 Å². The van der Waals surface area contributed by atoms with Crippen LogP contribution in [0.4, 0.5) is 0 Å². The average Bonchev–Trinajstić information content (AvgIpc) is 2.81. The van der Waals surface area contributed by atoms with E-state index >= 15 is 0 Å². The van der Waals surface area contributed by atoms with Gasteiger partial charge in [-0.1, -0.05) is 6.42 Å². The molecule has 0 radical (unpaired) electrons. The number of carbonyl (C=O) groups excluding carboxylic acids is 1. The van der Waals surface area contributed by atoms with Crippen LogP contribution in [0.2, 0.25) is 0 Å². The highest BCUT2D eigenvalue weighted by Crippen LogP contribution is 2.58. The Labute approximate surface area is 102 Å². The fraction of sp³-hybridized carbons (Fsp3) is 0.533. The van der Waals surface area contributed by atoms with Gasteiger partial charge in [0.2, 0.25) is 0 Å². The van der Waals surface area contributed by atoms with E-state index in [9.17, 15) is 4.79 Å². The molecule has 1 aromatic rings. The average molecular weight is 230 g/mol. The summed E-state index contributed by atoms with van der Waals surface area (Å²) < 4.78 is 5.22. The summed E-state index contributed by atoms with van der Waals surface area (Å²) in [6, 6.07) is 5.78. The minimum absolute atomic E-state index is 0.330. The van der Waals surface area contributed by atoms with Crippen molar-refractivity contribution in [3.05, 3.63) is 29.3 Å². The summed E-state index contributed by atoms with van der Waals surface area (Å²) in [6.45, 7) is 1.99. The summed E-state index contributed by atoms with van der Waals surface area (Å²) in [6.07, 6.45) is 3.84. The third kappa shape index (κ3) is 1.67. The van der Waals surface area contributed by atoms with Crippen LogP contribution in [0.1, 0.15) is 35.2 Å².